The predicted octanol–water partition coefficient (Wildman–Crippen LogP) is 3.38. The van der Waals surface area contributed by atoms with Crippen LogP contribution in [0.2, 0.25) is 5.02 Å². The van der Waals surface area contributed by atoms with Crippen LogP contribution in [0.25, 0.3) is 0 Å². The SMILES string of the molecule is CO[C@@H](CNS(=O)(=O)c1ccc(C)c(Cl)c1)c1ccsc1. The number of ether oxygens (including phenoxy) is 1. The maximum absolute atomic E-state index is 12.3. The maximum atomic E-state index is 12.3. The highest BCUT2D eigenvalue weighted by Crippen LogP contribution is 2.22. The summed E-state index contributed by atoms with van der Waals surface area (Å²) >= 11 is 7.52. The molecule has 7 heteroatoms. The Bertz CT molecular complexity index is 699. The van der Waals surface area contributed by atoms with Crippen molar-refractivity contribution < 1.29 is 13.2 Å². The van der Waals surface area contributed by atoms with E-state index in [0.29, 0.717) is 5.02 Å². The highest BCUT2D eigenvalue weighted by Gasteiger charge is 2.18. The zero-order chi connectivity index (χ0) is 15.5. The molecule has 0 radical (unpaired) electrons. The summed E-state index contributed by atoms with van der Waals surface area (Å²) < 4.78 is 32.4. The zero-order valence-electron chi connectivity index (χ0n) is 11.7. The Balaban J connectivity index is 2.12. The highest BCUT2D eigenvalue weighted by molar-refractivity contribution is 7.89. The fourth-order valence-corrected chi connectivity index (χ4v) is 3.81. The second-order valence-corrected chi connectivity index (χ2v) is 7.50. The number of hydrogen-bond acceptors (Lipinski definition) is 4. The zero-order valence-corrected chi connectivity index (χ0v) is 14.1. The molecule has 2 rings (SSSR count). The highest BCUT2D eigenvalue weighted by atomic mass is 35.5. The minimum Gasteiger partial charge on any atom is -0.375 e. The number of methoxy groups -OCH3 is 1. The van der Waals surface area contributed by atoms with Gasteiger partial charge < -0.3 is 4.74 Å². The second kappa shape index (κ2) is 6.89. The lowest BCUT2D eigenvalue weighted by molar-refractivity contribution is 0.107. The van der Waals surface area contributed by atoms with Crippen molar-refractivity contribution in [2.45, 2.75) is 17.9 Å². The van der Waals surface area contributed by atoms with E-state index in [-0.39, 0.29) is 17.5 Å². The summed E-state index contributed by atoms with van der Waals surface area (Å²) in [6.07, 6.45) is -0.313. The summed E-state index contributed by atoms with van der Waals surface area (Å²) in [6, 6.07) is 6.58. The molecular weight excluding hydrogens is 330 g/mol. The molecular formula is C14H16ClNO3S2. The Morgan fingerprint density at radius 1 is 1.38 bits per heavy atom. The van der Waals surface area contributed by atoms with Crippen molar-refractivity contribution >= 4 is 33.0 Å². The van der Waals surface area contributed by atoms with E-state index in [9.17, 15) is 8.42 Å². The average molecular weight is 346 g/mol. The molecule has 4 nitrogen and oxygen atoms in total. The van der Waals surface area contributed by atoms with Crippen LogP contribution in [-0.4, -0.2) is 22.1 Å². The van der Waals surface area contributed by atoms with Crippen LogP contribution in [0.15, 0.2) is 39.9 Å². The Labute approximate surface area is 133 Å². The first-order valence-electron chi connectivity index (χ1n) is 6.25. The van der Waals surface area contributed by atoms with Crippen molar-refractivity contribution in [1.29, 1.82) is 0 Å². The molecule has 114 valence electrons. The molecule has 0 amide bonds. The number of benzene rings is 1. The van der Waals surface area contributed by atoms with Gasteiger partial charge in [0.1, 0.15) is 0 Å². The van der Waals surface area contributed by atoms with Crippen LogP contribution in [0.3, 0.4) is 0 Å². The molecule has 0 saturated heterocycles. The van der Waals surface area contributed by atoms with Crippen LogP contribution in [0, 0.1) is 6.92 Å². The smallest absolute Gasteiger partial charge is 0.240 e. The molecule has 0 aliphatic heterocycles. The van der Waals surface area contributed by atoms with Crippen molar-refractivity contribution in [2.75, 3.05) is 13.7 Å². The minimum atomic E-state index is -3.61. The normalized spacial score (nSPS) is 13.3. The summed E-state index contributed by atoms with van der Waals surface area (Å²) in [7, 11) is -2.05. The number of aryl methyl sites for hydroxylation is 1. The standard InChI is InChI=1S/C14H16ClNO3S2/c1-10-3-4-12(7-13(10)15)21(17,18)16-8-14(19-2)11-5-6-20-9-11/h3-7,9,14,16H,8H2,1-2H3/t14-/m0/s1. The number of hydrogen-bond donors (Lipinski definition) is 1. The molecule has 0 aliphatic rings. The molecule has 0 bridgehead atoms. The largest absolute Gasteiger partial charge is 0.375 e. The number of sulfonamides is 1. The molecule has 1 heterocycles. The molecule has 1 atom stereocenters. The average Bonchev–Trinajstić information content (AvgIpc) is 2.96. The molecule has 1 aromatic heterocycles. The molecule has 0 fully saturated rings. The summed E-state index contributed by atoms with van der Waals surface area (Å²) in [5, 5.41) is 4.29. The Morgan fingerprint density at radius 2 is 2.14 bits per heavy atom. The number of thiophene rings is 1. The van der Waals surface area contributed by atoms with Gasteiger partial charge in [-0.1, -0.05) is 17.7 Å². The quantitative estimate of drug-likeness (QED) is 0.873. The third kappa shape index (κ3) is 4.05. The maximum Gasteiger partial charge on any atom is 0.240 e. The van der Waals surface area contributed by atoms with Gasteiger partial charge in [-0.3, -0.25) is 0 Å². The van der Waals surface area contributed by atoms with Crippen LogP contribution in [0.1, 0.15) is 17.2 Å². The van der Waals surface area contributed by atoms with Crippen LogP contribution < -0.4 is 4.72 Å². The van der Waals surface area contributed by atoms with Crippen molar-refractivity contribution in [3.8, 4) is 0 Å². The van der Waals surface area contributed by atoms with Crippen LogP contribution >= 0.6 is 22.9 Å². The monoisotopic (exact) mass is 345 g/mol. The number of nitrogens with one attached hydrogen (secondary N) is 1. The Kier molecular flexibility index (Phi) is 5.40. The molecule has 2 aromatic rings. The summed E-state index contributed by atoms with van der Waals surface area (Å²) in [5.41, 5.74) is 1.79. The lowest BCUT2D eigenvalue weighted by Crippen LogP contribution is -2.29. The third-order valence-electron chi connectivity index (χ3n) is 3.11. The van der Waals surface area contributed by atoms with Gasteiger partial charge in [-0.05, 0) is 47.0 Å². The van der Waals surface area contributed by atoms with Gasteiger partial charge in [0.25, 0.3) is 0 Å². The van der Waals surface area contributed by atoms with E-state index in [1.165, 1.54) is 12.1 Å². The van der Waals surface area contributed by atoms with Gasteiger partial charge in [0.2, 0.25) is 10.0 Å². The summed E-state index contributed by atoms with van der Waals surface area (Å²) in [6.45, 7) is 1.99. The van der Waals surface area contributed by atoms with Crippen molar-refractivity contribution in [2.24, 2.45) is 0 Å². The van der Waals surface area contributed by atoms with Gasteiger partial charge in [-0.2, -0.15) is 11.3 Å². The van der Waals surface area contributed by atoms with Gasteiger partial charge in [-0.25, -0.2) is 13.1 Å². The minimum absolute atomic E-state index is 0.151. The fraction of sp³-hybridized carbons (Fsp3) is 0.286. The Morgan fingerprint density at radius 3 is 2.71 bits per heavy atom. The molecule has 0 aliphatic carbocycles. The van der Waals surface area contributed by atoms with Gasteiger partial charge in [0, 0.05) is 18.7 Å². The van der Waals surface area contributed by atoms with Crippen LogP contribution in [0.5, 0.6) is 0 Å². The predicted molar refractivity (Wildman–Crippen MR) is 85.4 cm³/mol. The lowest BCUT2D eigenvalue weighted by atomic mass is 10.2. The topological polar surface area (TPSA) is 55.4 Å². The number of rotatable bonds is 6. The van der Waals surface area contributed by atoms with Crippen molar-refractivity contribution in [3.63, 3.8) is 0 Å². The van der Waals surface area contributed by atoms with Crippen molar-refractivity contribution in [3.05, 3.63) is 51.2 Å². The fourth-order valence-electron chi connectivity index (χ4n) is 1.80. The van der Waals surface area contributed by atoms with Gasteiger partial charge in [-0.15, -0.1) is 0 Å². The van der Waals surface area contributed by atoms with Gasteiger partial charge >= 0.3 is 0 Å². The lowest BCUT2D eigenvalue weighted by Gasteiger charge is -2.15. The van der Waals surface area contributed by atoms with E-state index in [1.54, 1.807) is 24.5 Å². The van der Waals surface area contributed by atoms with Crippen LogP contribution in [0.4, 0.5) is 0 Å². The summed E-state index contributed by atoms with van der Waals surface area (Å²) in [5.74, 6) is 0. The van der Waals surface area contributed by atoms with E-state index in [1.807, 2.05) is 23.8 Å². The molecule has 1 aromatic carbocycles. The second-order valence-electron chi connectivity index (χ2n) is 4.54. The van der Waals surface area contributed by atoms with E-state index >= 15 is 0 Å². The molecule has 0 unspecified atom stereocenters. The van der Waals surface area contributed by atoms with Crippen LogP contribution in [-0.2, 0) is 14.8 Å². The van der Waals surface area contributed by atoms with E-state index in [0.717, 1.165) is 11.1 Å². The van der Waals surface area contributed by atoms with E-state index in [4.69, 9.17) is 16.3 Å². The first-order valence-corrected chi connectivity index (χ1v) is 9.05. The van der Waals surface area contributed by atoms with Crippen molar-refractivity contribution in [1.82, 2.24) is 4.72 Å². The Hall–Kier alpha value is -0.920. The first-order chi connectivity index (χ1) is 9.94. The third-order valence-corrected chi connectivity index (χ3v) is 5.64. The van der Waals surface area contributed by atoms with Gasteiger partial charge in [0.15, 0.2) is 0 Å². The molecule has 0 saturated carbocycles. The molecule has 1 N–H and O–H groups in total. The number of halogens is 1. The molecule has 0 spiro atoms. The first kappa shape index (κ1) is 16.5. The van der Waals surface area contributed by atoms with E-state index in [2.05, 4.69) is 4.72 Å². The summed E-state index contributed by atoms with van der Waals surface area (Å²) in [4.78, 5) is 0.151. The van der Waals surface area contributed by atoms with E-state index < -0.39 is 10.0 Å². The molecule has 21 heavy (non-hydrogen) atoms. The van der Waals surface area contributed by atoms with Gasteiger partial charge in [0.05, 0.1) is 11.0 Å².